The van der Waals surface area contributed by atoms with E-state index in [4.69, 9.17) is 4.74 Å². The Morgan fingerprint density at radius 2 is 1.96 bits per heavy atom. The number of nitrogens with one attached hydrogen (secondary N) is 1. The van der Waals surface area contributed by atoms with Crippen LogP contribution in [0.2, 0.25) is 0 Å². The largest absolute Gasteiger partial charge is 0.497 e. The van der Waals surface area contributed by atoms with Crippen LogP contribution in [0.5, 0.6) is 5.75 Å². The number of rotatable bonds is 5. The fourth-order valence-electron chi connectivity index (χ4n) is 3.01. The quantitative estimate of drug-likeness (QED) is 0.887. The van der Waals surface area contributed by atoms with Crippen LogP contribution in [0.25, 0.3) is 0 Å². The summed E-state index contributed by atoms with van der Waals surface area (Å²) in [5, 5.41) is 3.23. The van der Waals surface area contributed by atoms with Gasteiger partial charge in [0.25, 0.3) is 5.91 Å². The molecule has 7 nitrogen and oxygen atoms in total. The highest BCUT2D eigenvalue weighted by Gasteiger charge is 2.24. The van der Waals surface area contributed by atoms with Crippen LogP contribution in [0.4, 0.5) is 11.8 Å². The van der Waals surface area contributed by atoms with Crippen molar-refractivity contribution in [1.29, 1.82) is 0 Å². The summed E-state index contributed by atoms with van der Waals surface area (Å²) in [6.07, 6.45) is 0. The van der Waals surface area contributed by atoms with Crippen LogP contribution in [-0.2, 0) is 0 Å². The monoisotopic (exact) mass is 355 g/mol. The molecule has 0 aliphatic carbocycles. The second-order valence-electron chi connectivity index (χ2n) is 6.24. The van der Waals surface area contributed by atoms with E-state index in [9.17, 15) is 4.79 Å². The van der Waals surface area contributed by atoms with E-state index in [1.807, 2.05) is 43.0 Å². The van der Waals surface area contributed by atoms with Crippen molar-refractivity contribution in [2.45, 2.75) is 13.8 Å². The number of aryl methyl sites for hydroxylation is 1. The predicted molar refractivity (Wildman–Crippen MR) is 102 cm³/mol. The molecule has 0 spiro atoms. The van der Waals surface area contributed by atoms with E-state index in [1.54, 1.807) is 13.2 Å². The highest BCUT2D eigenvalue weighted by Crippen LogP contribution is 2.18. The van der Waals surface area contributed by atoms with Crippen molar-refractivity contribution in [2.75, 3.05) is 50.1 Å². The molecule has 2 heterocycles. The maximum absolute atomic E-state index is 12.7. The molecule has 0 unspecified atom stereocenters. The Morgan fingerprint density at radius 1 is 1.19 bits per heavy atom. The number of benzene rings is 1. The molecule has 26 heavy (non-hydrogen) atoms. The molecule has 1 aliphatic rings. The van der Waals surface area contributed by atoms with Crippen LogP contribution >= 0.6 is 0 Å². The molecular weight excluding hydrogens is 330 g/mol. The molecule has 0 radical (unpaired) electrons. The van der Waals surface area contributed by atoms with Gasteiger partial charge in [-0.05, 0) is 32.0 Å². The summed E-state index contributed by atoms with van der Waals surface area (Å²) in [5.41, 5.74) is 1.58. The Bertz CT molecular complexity index is 772. The molecule has 3 rings (SSSR count). The number of amides is 1. The van der Waals surface area contributed by atoms with Crippen molar-refractivity contribution < 1.29 is 9.53 Å². The number of carbonyl (C=O) groups excluding carboxylic acids is 1. The molecule has 1 aromatic carbocycles. The van der Waals surface area contributed by atoms with Crippen LogP contribution < -0.4 is 15.0 Å². The van der Waals surface area contributed by atoms with Crippen molar-refractivity contribution in [3.05, 3.63) is 41.6 Å². The first-order chi connectivity index (χ1) is 12.6. The van der Waals surface area contributed by atoms with Crippen molar-refractivity contribution in [3.63, 3.8) is 0 Å². The zero-order chi connectivity index (χ0) is 18.5. The molecular formula is C19H25N5O2. The third kappa shape index (κ3) is 4.04. The minimum Gasteiger partial charge on any atom is -0.497 e. The predicted octanol–water partition coefficient (Wildman–Crippen LogP) is 2.19. The van der Waals surface area contributed by atoms with E-state index in [1.165, 1.54) is 0 Å². The zero-order valence-corrected chi connectivity index (χ0v) is 15.5. The standard InChI is InChI=1S/C19H25N5O2/c1-4-20-17-12-14(2)21-19(22-17)24-10-8-23(9-11-24)18(25)15-6-5-7-16(13-15)26-3/h5-7,12-13H,4,8-11H2,1-3H3,(H,20,21,22). The summed E-state index contributed by atoms with van der Waals surface area (Å²) < 4.78 is 5.21. The lowest BCUT2D eigenvalue weighted by molar-refractivity contribution is 0.0746. The van der Waals surface area contributed by atoms with Crippen molar-refractivity contribution in [2.24, 2.45) is 0 Å². The lowest BCUT2D eigenvalue weighted by atomic mass is 10.1. The molecule has 1 aromatic heterocycles. The summed E-state index contributed by atoms with van der Waals surface area (Å²) >= 11 is 0. The number of piperazine rings is 1. The van der Waals surface area contributed by atoms with Gasteiger partial charge >= 0.3 is 0 Å². The van der Waals surface area contributed by atoms with E-state index in [0.29, 0.717) is 37.5 Å². The molecule has 1 N–H and O–H groups in total. The van der Waals surface area contributed by atoms with E-state index >= 15 is 0 Å². The smallest absolute Gasteiger partial charge is 0.254 e. The van der Waals surface area contributed by atoms with Gasteiger partial charge in [0.05, 0.1) is 7.11 Å². The lowest BCUT2D eigenvalue weighted by Crippen LogP contribution is -2.49. The van der Waals surface area contributed by atoms with E-state index in [2.05, 4.69) is 20.2 Å². The van der Waals surface area contributed by atoms with Gasteiger partial charge in [0.2, 0.25) is 5.95 Å². The normalized spacial score (nSPS) is 14.3. The zero-order valence-electron chi connectivity index (χ0n) is 15.5. The summed E-state index contributed by atoms with van der Waals surface area (Å²) in [6, 6.07) is 9.22. The van der Waals surface area contributed by atoms with E-state index < -0.39 is 0 Å². The van der Waals surface area contributed by atoms with Gasteiger partial charge in [-0.15, -0.1) is 0 Å². The fourth-order valence-corrected chi connectivity index (χ4v) is 3.01. The van der Waals surface area contributed by atoms with Gasteiger partial charge < -0.3 is 19.9 Å². The van der Waals surface area contributed by atoms with Gasteiger partial charge in [-0.3, -0.25) is 4.79 Å². The Hall–Kier alpha value is -2.83. The summed E-state index contributed by atoms with van der Waals surface area (Å²) in [5.74, 6) is 2.28. The molecule has 2 aromatic rings. The number of hydrogen-bond donors (Lipinski definition) is 1. The molecule has 1 amide bonds. The number of ether oxygens (including phenoxy) is 1. The van der Waals surface area contributed by atoms with Crippen molar-refractivity contribution in [1.82, 2.24) is 14.9 Å². The number of methoxy groups -OCH3 is 1. The van der Waals surface area contributed by atoms with Gasteiger partial charge in [-0.1, -0.05) is 6.07 Å². The third-order valence-corrected chi connectivity index (χ3v) is 4.37. The van der Waals surface area contributed by atoms with Gasteiger partial charge in [0, 0.05) is 50.0 Å². The molecule has 0 atom stereocenters. The average Bonchev–Trinajstić information content (AvgIpc) is 2.67. The minimum absolute atomic E-state index is 0.0297. The lowest BCUT2D eigenvalue weighted by Gasteiger charge is -2.35. The van der Waals surface area contributed by atoms with Crippen LogP contribution in [0.15, 0.2) is 30.3 Å². The molecule has 1 aliphatic heterocycles. The topological polar surface area (TPSA) is 70.6 Å². The van der Waals surface area contributed by atoms with Crippen LogP contribution in [0.3, 0.4) is 0 Å². The molecule has 7 heteroatoms. The fraction of sp³-hybridized carbons (Fsp3) is 0.421. The molecule has 1 saturated heterocycles. The number of nitrogens with zero attached hydrogens (tertiary/aromatic N) is 4. The summed E-state index contributed by atoms with van der Waals surface area (Å²) in [6.45, 7) is 7.54. The summed E-state index contributed by atoms with van der Waals surface area (Å²) in [4.78, 5) is 25.8. The first kappa shape index (κ1) is 18.0. The Morgan fingerprint density at radius 3 is 2.65 bits per heavy atom. The number of hydrogen-bond acceptors (Lipinski definition) is 6. The number of anilines is 2. The third-order valence-electron chi connectivity index (χ3n) is 4.37. The molecule has 0 bridgehead atoms. The number of carbonyl (C=O) groups is 1. The Labute approximate surface area is 154 Å². The van der Waals surface area contributed by atoms with E-state index in [-0.39, 0.29) is 5.91 Å². The van der Waals surface area contributed by atoms with Crippen LogP contribution in [0, 0.1) is 6.92 Å². The Balaban J connectivity index is 1.66. The van der Waals surface area contributed by atoms with Crippen molar-refractivity contribution >= 4 is 17.7 Å². The minimum atomic E-state index is 0.0297. The highest BCUT2D eigenvalue weighted by molar-refractivity contribution is 5.94. The van der Waals surface area contributed by atoms with Crippen LogP contribution in [-0.4, -0.2) is 60.6 Å². The summed E-state index contributed by atoms with van der Waals surface area (Å²) in [7, 11) is 1.60. The maximum atomic E-state index is 12.7. The average molecular weight is 355 g/mol. The van der Waals surface area contributed by atoms with Gasteiger partial charge in [-0.2, -0.15) is 4.98 Å². The maximum Gasteiger partial charge on any atom is 0.254 e. The second-order valence-corrected chi connectivity index (χ2v) is 6.24. The molecule has 1 fully saturated rings. The van der Waals surface area contributed by atoms with Gasteiger partial charge in [0.1, 0.15) is 11.6 Å². The van der Waals surface area contributed by atoms with E-state index in [0.717, 1.165) is 24.0 Å². The highest BCUT2D eigenvalue weighted by atomic mass is 16.5. The molecule has 138 valence electrons. The number of aromatic nitrogens is 2. The van der Waals surface area contributed by atoms with Crippen LogP contribution in [0.1, 0.15) is 23.0 Å². The van der Waals surface area contributed by atoms with Gasteiger partial charge in [0.15, 0.2) is 0 Å². The molecule has 0 saturated carbocycles. The Kier molecular flexibility index (Phi) is 5.55. The second kappa shape index (κ2) is 8.03. The van der Waals surface area contributed by atoms with Crippen molar-refractivity contribution in [3.8, 4) is 5.75 Å². The first-order valence-corrected chi connectivity index (χ1v) is 8.88. The van der Waals surface area contributed by atoms with Gasteiger partial charge in [-0.25, -0.2) is 4.98 Å². The SMILES string of the molecule is CCNc1cc(C)nc(N2CCN(C(=O)c3cccc(OC)c3)CC2)n1. The first-order valence-electron chi connectivity index (χ1n) is 8.88.